The standard InChI is InChI=1S/C17H22O4/c18-16(19-13-15-4-2-1-3-5-15)12-14-6-8-17(9-7-14)20-10-11-21-17/h1-5,14H,6-13H2. The summed E-state index contributed by atoms with van der Waals surface area (Å²) in [6.45, 7) is 1.76. The highest BCUT2D eigenvalue weighted by atomic mass is 16.7. The van der Waals surface area contributed by atoms with E-state index in [1.54, 1.807) is 0 Å². The van der Waals surface area contributed by atoms with Crippen molar-refractivity contribution in [1.29, 1.82) is 0 Å². The molecule has 1 aliphatic heterocycles. The Kier molecular flexibility index (Phi) is 4.56. The van der Waals surface area contributed by atoms with Gasteiger partial charge in [0.15, 0.2) is 5.79 Å². The number of ether oxygens (including phenoxy) is 3. The van der Waals surface area contributed by atoms with Gasteiger partial charge in [-0.3, -0.25) is 4.79 Å². The minimum Gasteiger partial charge on any atom is -0.461 e. The maximum absolute atomic E-state index is 11.9. The average Bonchev–Trinajstić information content (AvgIpc) is 2.97. The molecule has 0 radical (unpaired) electrons. The largest absolute Gasteiger partial charge is 0.461 e. The van der Waals surface area contributed by atoms with Crippen LogP contribution in [-0.2, 0) is 25.6 Å². The van der Waals surface area contributed by atoms with Crippen LogP contribution in [0.3, 0.4) is 0 Å². The topological polar surface area (TPSA) is 44.8 Å². The highest BCUT2D eigenvalue weighted by molar-refractivity contribution is 5.69. The summed E-state index contributed by atoms with van der Waals surface area (Å²) >= 11 is 0. The lowest BCUT2D eigenvalue weighted by molar-refractivity contribution is -0.184. The van der Waals surface area contributed by atoms with Crippen LogP contribution >= 0.6 is 0 Å². The van der Waals surface area contributed by atoms with E-state index >= 15 is 0 Å². The molecule has 1 spiro atoms. The lowest BCUT2D eigenvalue weighted by atomic mass is 9.83. The average molecular weight is 290 g/mol. The minimum absolute atomic E-state index is 0.104. The Bertz CT molecular complexity index is 455. The van der Waals surface area contributed by atoms with Gasteiger partial charge in [-0.25, -0.2) is 0 Å². The normalized spacial score (nSPS) is 21.5. The summed E-state index contributed by atoms with van der Waals surface area (Å²) in [4.78, 5) is 11.9. The Morgan fingerprint density at radius 3 is 2.48 bits per heavy atom. The molecular formula is C17H22O4. The van der Waals surface area contributed by atoms with Crippen LogP contribution in [-0.4, -0.2) is 25.0 Å². The van der Waals surface area contributed by atoms with Crippen LogP contribution in [0.1, 0.15) is 37.7 Å². The minimum atomic E-state index is -0.343. The zero-order valence-electron chi connectivity index (χ0n) is 12.3. The third-order valence-electron chi connectivity index (χ3n) is 4.38. The molecule has 21 heavy (non-hydrogen) atoms. The van der Waals surface area contributed by atoms with Gasteiger partial charge in [0.25, 0.3) is 0 Å². The molecule has 0 aromatic heterocycles. The van der Waals surface area contributed by atoms with Crippen molar-refractivity contribution in [3.63, 3.8) is 0 Å². The SMILES string of the molecule is O=C(CC1CCC2(CC1)OCCO2)OCc1ccccc1. The Morgan fingerprint density at radius 2 is 1.81 bits per heavy atom. The summed E-state index contributed by atoms with van der Waals surface area (Å²) in [5.41, 5.74) is 1.03. The quantitative estimate of drug-likeness (QED) is 0.799. The van der Waals surface area contributed by atoms with Crippen molar-refractivity contribution in [2.24, 2.45) is 5.92 Å². The molecule has 1 saturated heterocycles. The van der Waals surface area contributed by atoms with E-state index < -0.39 is 0 Å². The van der Waals surface area contributed by atoms with Gasteiger partial charge in [0.2, 0.25) is 0 Å². The van der Waals surface area contributed by atoms with Crippen LogP contribution in [0.15, 0.2) is 30.3 Å². The molecule has 1 aromatic carbocycles. The first kappa shape index (κ1) is 14.5. The molecule has 1 saturated carbocycles. The van der Waals surface area contributed by atoms with Gasteiger partial charge in [0, 0.05) is 19.3 Å². The molecule has 0 atom stereocenters. The Labute approximate surface area is 125 Å². The first-order chi connectivity index (χ1) is 10.3. The second-order valence-corrected chi connectivity index (χ2v) is 5.90. The predicted molar refractivity (Wildman–Crippen MR) is 77.4 cm³/mol. The molecule has 1 aliphatic carbocycles. The maximum Gasteiger partial charge on any atom is 0.306 e. The molecule has 0 N–H and O–H groups in total. The van der Waals surface area contributed by atoms with Crippen LogP contribution < -0.4 is 0 Å². The van der Waals surface area contributed by atoms with Crippen molar-refractivity contribution in [2.75, 3.05) is 13.2 Å². The summed E-state index contributed by atoms with van der Waals surface area (Å²) in [6.07, 6.45) is 4.23. The molecule has 0 unspecified atom stereocenters. The van der Waals surface area contributed by atoms with Gasteiger partial charge in [-0.2, -0.15) is 0 Å². The van der Waals surface area contributed by atoms with E-state index in [9.17, 15) is 4.79 Å². The zero-order valence-corrected chi connectivity index (χ0v) is 12.3. The third kappa shape index (κ3) is 3.83. The molecule has 4 nitrogen and oxygen atoms in total. The zero-order chi connectivity index (χ0) is 14.5. The van der Waals surface area contributed by atoms with Gasteiger partial charge in [-0.15, -0.1) is 0 Å². The number of hydrogen-bond donors (Lipinski definition) is 0. The van der Waals surface area contributed by atoms with E-state index in [0.717, 1.165) is 31.2 Å². The Morgan fingerprint density at radius 1 is 1.14 bits per heavy atom. The van der Waals surface area contributed by atoms with E-state index in [0.29, 0.717) is 32.2 Å². The molecule has 4 heteroatoms. The first-order valence-electron chi connectivity index (χ1n) is 7.73. The fraction of sp³-hybridized carbons (Fsp3) is 0.588. The van der Waals surface area contributed by atoms with Crippen LogP contribution in [0.5, 0.6) is 0 Å². The summed E-state index contributed by atoms with van der Waals surface area (Å²) in [5, 5.41) is 0. The fourth-order valence-corrected chi connectivity index (χ4v) is 3.14. The van der Waals surface area contributed by atoms with Crippen molar-refractivity contribution in [1.82, 2.24) is 0 Å². The number of esters is 1. The number of carbonyl (C=O) groups excluding carboxylic acids is 1. The van der Waals surface area contributed by atoms with E-state index in [1.165, 1.54) is 0 Å². The lowest BCUT2D eigenvalue weighted by Gasteiger charge is -2.35. The van der Waals surface area contributed by atoms with E-state index in [2.05, 4.69) is 0 Å². The van der Waals surface area contributed by atoms with Gasteiger partial charge in [0.1, 0.15) is 6.61 Å². The molecule has 2 aliphatic rings. The van der Waals surface area contributed by atoms with Crippen molar-refractivity contribution in [2.45, 2.75) is 44.5 Å². The number of rotatable bonds is 4. The van der Waals surface area contributed by atoms with Crippen LogP contribution in [0.2, 0.25) is 0 Å². The van der Waals surface area contributed by atoms with Crippen molar-refractivity contribution in [3.8, 4) is 0 Å². The number of hydrogen-bond acceptors (Lipinski definition) is 4. The second kappa shape index (κ2) is 6.58. The molecule has 3 rings (SSSR count). The number of benzene rings is 1. The van der Waals surface area contributed by atoms with Gasteiger partial charge in [0.05, 0.1) is 13.2 Å². The molecule has 0 amide bonds. The lowest BCUT2D eigenvalue weighted by Crippen LogP contribution is -2.35. The molecule has 2 fully saturated rings. The second-order valence-electron chi connectivity index (χ2n) is 5.90. The van der Waals surface area contributed by atoms with Gasteiger partial charge in [-0.1, -0.05) is 30.3 Å². The third-order valence-corrected chi connectivity index (χ3v) is 4.38. The summed E-state index contributed by atoms with van der Waals surface area (Å²) < 4.78 is 16.7. The van der Waals surface area contributed by atoms with Gasteiger partial charge >= 0.3 is 5.97 Å². The van der Waals surface area contributed by atoms with Gasteiger partial charge in [-0.05, 0) is 24.3 Å². The molecule has 1 aromatic rings. The van der Waals surface area contributed by atoms with Crippen LogP contribution in [0.25, 0.3) is 0 Å². The molecular weight excluding hydrogens is 268 g/mol. The summed E-state index contributed by atoms with van der Waals surface area (Å²) in [5.74, 6) is -0.0514. The molecule has 0 bridgehead atoms. The monoisotopic (exact) mass is 290 g/mol. The highest BCUT2D eigenvalue weighted by Crippen LogP contribution is 2.39. The smallest absolute Gasteiger partial charge is 0.306 e. The number of carbonyl (C=O) groups is 1. The maximum atomic E-state index is 11.9. The fourth-order valence-electron chi connectivity index (χ4n) is 3.14. The van der Waals surface area contributed by atoms with Gasteiger partial charge < -0.3 is 14.2 Å². The predicted octanol–water partition coefficient (Wildman–Crippen LogP) is 3.05. The molecule has 1 heterocycles. The summed E-state index contributed by atoms with van der Waals surface area (Å²) in [7, 11) is 0. The summed E-state index contributed by atoms with van der Waals surface area (Å²) in [6, 6.07) is 9.78. The molecule has 114 valence electrons. The Hall–Kier alpha value is -1.39. The highest BCUT2D eigenvalue weighted by Gasteiger charge is 2.40. The van der Waals surface area contributed by atoms with Crippen molar-refractivity contribution in [3.05, 3.63) is 35.9 Å². The Balaban J connectivity index is 1.40. The van der Waals surface area contributed by atoms with Crippen molar-refractivity contribution >= 4 is 5.97 Å². The van der Waals surface area contributed by atoms with E-state index in [1.807, 2.05) is 30.3 Å². The van der Waals surface area contributed by atoms with Crippen LogP contribution in [0.4, 0.5) is 0 Å². The van der Waals surface area contributed by atoms with E-state index in [-0.39, 0.29) is 11.8 Å². The first-order valence-corrected chi connectivity index (χ1v) is 7.73. The van der Waals surface area contributed by atoms with Crippen LogP contribution in [0, 0.1) is 5.92 Å². The van der Waals surface area contributed by atoms with E-state index in [4.69, 9.17) is 14.2 Å². The van der Waals surface area contributed by atoms with Crippen molar-refractivity contribution < 1.29 is 19.0 Å².